The molecule has 34 heavy (non-hydrogen) atoms. The summed E-state index contributed by atoms with van der Waals surface area (Å²) < 4.78 is 30.9. The SMILES string of the molecule is O=C(NCc1cccc(OCc2ccccn2)c1)c1ccc(CS(=O)(=O)c2ccccc2)cc1. The molecule has 4 aromatic rings. The zero-order chi connectivity index (χ0) is 23.8. The van der Waals surface area contributed by atoms with Gasteiger partial charge in [-0.25, -0.2) is 8.42 Å². The van der Waals surface area contributed by atoms with E-state index in [1.165, 1.54) is 0 Å². The first-order chi connectivity index (χ1) is 16.5. The number of hydrogen-bond acceptors (Lipinski definition) is 5. The molecule has 1 heterocycles. The molecule has 0 aliphatic heterocycles. The first-order valence-corrected chi connectivity index (χ1v) is 12.4. The van der Waals surface area contributed by atoms with E-state index in [0.29, 0.717) is 30.0 Å². The Kier molecular flexibility index (Phi) is 7.34. The molecule has 0 atom stereocenters. The molecule has 1 N–H and O–H groups in total. The summed E-state index contributed by atoms with van der Waals surface area (Å²) in [6.07, 6.45) is 1.72. The van der Waals surface area contributed by atoms with Crippen LogP contribution in [0.3, 0.4) is 0 Å². The zero-order valence-corrected chi connectivity index (χ0v) is 19.2. The number of aromatic nitrogens is 1. The second-order valence-electron chi connectivity index (χ2n) is 7.71. The highest BCUT2D eigenvalue weighted by molar-refractivity contribution is 7.90. The molecule has 0 fully saturated rings. The molecule has 6 nitrogen and oxygen atoms in total. The largest absolute Gasteiger partial charge is 0.487 e. The Labute approximate surface area is 199 Å². The van der Waals surface area contributed by atoms with Gasteiger partial charge in [-0.1, -0.05) is 48.5 Å². The molecule has 1 amide bonds. The second-order valence-corrected chi connectivity index (χ2v) is 9.70. The molecule has 3 aromatic carbocycles. The maximum atomic E-state index is 12.6. The second kappa shape index (κ2) is 10.8. The predicted octanol–water partition coefficient (Wildman–Crippen LogP) is 4.56. The van der Waals surface area contributed by atoms with E-state index in [0.717, 1.165) is 11.3 Å². The van der Waals surface area contributed by atoms with Crippen molar-refractivity contribution in [2.75, 3.05) is 0 Å². The first kappa shape index (κ1) is 23.2. The third kappa shape index (κ3) is 6.30. The van der Waals surface area contributed by atoms with Crippen molar-refractivity contribution >= 4 is 15.7 Å². The lowest BCUT2D eigenvalue weighted by Crippen LogP contribution is -2.22. The van der Waals surface area contributed by atoms with Gasteiger partial charge in [-0.3, -0.25) is 9.78 Å². The highest BCUT2D eigenvalue weighted by Gasteiger charge is 2.15. The van der Waals surface area contributed by atoms with Crippen LogP contribution in [-0.4, -0.2) is 19.3 Å². The van der Waals surface area contributed by atoms with Crippen molar-refractivity contribution in [1.29, 1.82) is 0 Å². The van der Waals surface area contributed by atoms with E-state index in [1.54, 1.807) is 60.8 Å². The van der Waals surface area contributed by atoms with E-state index in [9.17, 15) is 13.2 Å². The number of nitrogens with one attached hydrogen (secondary N) is 1. The number of pyridine rings is 1. The minimum absolute atomic E-state index is 0.121. The van der Waals surface area contributed by atoms with Crippen molar-refractivity contribution < 1.29 is 17.9 Å². The average Bonchev–Trinajstić information content (AvgIpc) is 2.88. The molecule has 0 saturated heterocycles. The zero-order valence-electron chi connectivity index (χ0n) is 18.4. The van der Waals surface area contributed by atoms with Crippen LogP contribution >= 0.6 is 0 Å². The van der Waals surface area contributed by atoms with Crippen LogP contribution < -0.4 is 10.1 Å². The molecule has 0 radical (unpaired) electrons. The third-order valence-electron chi connectivity index (χ3n) is 5.14. The van der Waals surface area contributed by atoms with E-state index in [4.69, 9.17) is 4.74 Å². The molecule has 7 heteroatoms. The maximum absolute atomic E-state index is 12.6. The Hall–Kier alpha value is -3.97. The molecule has 0 spiro atoms. The predicted molar refractivity (Wildman–Crippen MR) is 130 cm³/mol. The number of rotatable bonds is 9. The van der Waals surface area contributed by atoms with Crippen LogP contribution in [0.15, 0.2) is 108 Å². The lowest BCUT2D eigenvalue weighted by Gasteiger charge is -2.10. The summed E-state index contributed by atoms with van der Waals surface area (Å²) in [5.41, 5.74) is 2.82. The lowest BCUT2D eigenvalue weighted by atomic mass is 10.1. The Bertz CT molecular complexity index is 1340. The monoisotopic (exact) mass is 472 g/mol. The molecule has 1 aromatic heterocycles. The Morgan fingerprint density at radius 2 is 1.59 bits per heavy atom. The van der Waals surface area contributed by atoms with E-state index in [2.05, 4.69) is 10.3 Å². The summed E-state index contributed by atoms with van der Waals surface area (Å²) in [4.78, 5) is 17.1. The fraction of sp³-hybridized carbons (Fsp3) is 0.111. The minimum Gasteiger partial charge on any atom is -0.487 e. The van der Waals surface area contributed by atoms with Gasteiger partial charge in [0.25, 0.3) is 5.91 Å². The van der Waals surface area contributed by atoms with Gasteiger partial charge in [0.1, 0.15) is 12.4 Å². The van der Waals surface area contributed by atoms with Crippen molar-refractivity contribution in [2.45, 2.75) is 23.8 Å². The van der Waals surface area contributed by atoms with Gasteiger partial charge in [-0.2, -0.15) is 0 Å². The molecular weight excluding hydrogens is 448 g/mol. The van der Waals surface area contributed by atoms with Crippen molar-refractivity contribution in [1.82, 2.24) is 10.3 Å². The van der Waals surface area contributed by atoms with Crippen molar-refractivity contribution in [3.05, 3.63) is 126 Å². The summed E-state index contributed by atoms with van der Waals surface area (Å²) in [5.74, 6) is 0.336. The number of carbonyl (C=O) groups excluding carboxylic acids is 1. The fourth-order valence-corrected chi connectivity index (χ4v) is 4.72. The van der Waals surface area contributed by atoms with Crippen LogP contribution in [0.1, 0.15) is 27.2 Å². The number of sulfone groups is 1. The molecule has 0 aliphatic carbocycles. The Morgan fingerprint density at radius 1 is 0.824 bits per heavy atom. The number of carbonyl (C=O) groups is 1. The number of benzene rings is 3. The van der Waals surface area contributed by atoms with Crippen LogP contribution in [-0.2, 0) is 28.7 Å². The van der Waals surface area contributed by atoms with Crippen LogP contribution in [0, 0.1) is 0 Å². The summed E-state index contributed by atoms with van der Waals surface area (Å²) in [7, 11) is -3.44. The van der Waals surface area contributed by atoms with Crippen molar-refractivity contribution in [3.8, 4) is 5.75 Å². The van der Waals surface area contributed by atoms with Gasteiger partial charge in [0.15, 0.2) is 9.84 Å². The Balaban J connectivity index is 1.32. The summed E-state index contributed by atoms with van der Waals surface area (Å²) in [6.45, 7) is 0.701. The first-order valence-electron chi connectivity index (χ1n) is 10.8. The van der Waals surface area contributed by atoms with Gasteiger partial charge >= 0.3 is 0 Å². The van der Waals surface area contributed by atoms with Gasteiger partial charge in [0.05, 0.1) is 16.3 Å². The van der Waals surface area contributed by atoms with Crippen LogP contribution in [0.25, 0.3) is 0 Å². The molecule has 0 aliphatic rings. The van der Waals surface area contributed by atoms with Crippen LogP contribution in [0.2, 0.25) is 0 Å². The number of ether oxygens (including phenoxy) is 1. The van der Waals surface area contributed by atoms with Gasteiger partial charge in [0.2, 0.25) is 0 Å². The van der Waals surface area contributed by atoms with Crippen molar-refractivity contribution in [2.24, 2.45) is 0 Å². The number of nitrogens with zero attached hydrogens (tertiary/aromatic N) is 1. The molecule has 0 bridgehead atoms. The molecule has 0 saturated carbocycles. The van der Waals surface area contributed by atoms with E-state index >= 15 is 0 Å². The van der Waals surface area contributed by atoms with E-state index in [-0.39, 0.29) is 16.6 Å². The summed E-state index contributed by atoms with van der Waals surface area (Å²) in [6, 6.07) is 28.1. The van der Waals surface area contributed by atoms with Gasteiger partial charge in [-0.05, 0) is 59.7 Å². The van der Waals surface area contributed by atoms with Crippen LogP contribution in [0.4, 0.5) is 0 Å². The molecule has 172 valence electrons. The van der Waals surface area contributed by atoms with E-state index < -0.39 is 9.84 Å². The minimum atomic E-state index is -3.44. The maximum Gasteiger partial charge on any atom is 0.251 e. The highest BCUT2D eigenvalue weighted by Crippen LogP contribution is 2.17. The lowest BCUT2D eigenvalue weighted by molar-refractivity contribution is 0.0951. The molecular formula is C27H24N2O4S. The van der Waals surface area contributed by atoms with Crippen LogP contribution in [0.5, 0.6) is 5.75 Å². The quantitative estimate of drug-likeness (QED) is 0.386. The number of hydrogen-bond donors (Lipinski definition) is 1. The fourth-order valence-electron chi connectivity index (χ4n) is 3.35. The highest BCUT2D eigenvalue weighted by atomic mass is 32.2. The average molecular weight is 473 g/mol. The Morgan fingerprint density at radius 3 is 2.32 bits per heavy atom. The smallest absolute Gasteiger partial charge is 0.251 e. The van der Waals surface area contributed by atoms with Gasteiger partial charge in [-0.15, -0.1) is 0 Å². The third-order valence-corrected chi connectivity index (χ3v) is 6.84. The standard InChI is InChI=1S/C27H24N2O4S/c30-27(23-14-12-21(13-15-23)20-34(31,32)26-10-2-1-3-11-26)29-18-22-7-6-9-25(17-22)33-19-24-8-4-5-16-28-24/h1-17H,18-20H2,(H,29,30). The normalized spacial score (nSPS) is 11.1. The van der Waals surface area contributed by atoms with Crippen molar-refractivity contribution in [3.63, 3.8) is 0 Å². The molecule has 4 rings (SSSR count). The van der Waals surface area contributed by atoms with Gasteiger partial charge in [0, 0.05) is 18.3 Å². The van der Waals surface area contributed by atoms with E-state index in [1.807, 2.05) is 42.5 Å². The topological polar surface area (TPSA) is 85.4 Å². The number of amides is 1. The summed E-state index contributed by atoms with van der Waals surface area (Å²) in [5, 5.41) is 2.88. The van der Waals surface area contributed by atoms with Gasteiger partial charge < -0.3 is 10.1 Å². The summed E-state index contributed by atoms with van der Waals surface area (Å²) >= 11 is 0. The molecule has 0 unspecified atom stereocenters.